The Labute approximate surface area is 159 Å². The summed E-state index contributed by atoms with van der Waals surface area (Å²) in [5.41, 5.74) is 2.40. The van der Waals surface area contributed by atoms with Gasteiger partial charge in [-0.15, -0.1) is 0 Å². The quantitative estimate of drug-likeness (QED) is 0.800. The predicted molar refractivity (Wildman–Crippen MR) is 102 cm³/mol. The standard InChI is InChI=1S/C19H22N4O3S/c1-14-10-17(26-3)18(11-15(14)2)27(24,25)23-8-6-22(7-9-23)19-5-4-16(12-20)13-21-19/h4-5,10-11,13H,6-9H2,1-3H3. The Morgan fingerprint density at radius 3 is 2.33 bits per heavy atom. The molecule has 2 heterocycles. The van der Waals surface area contributed by atoms with Crippen molar-refractivity contribution < 1.29 is 13.2 Å². The van der Waals surface area contributed by atoms with Gasteiger partial charge in [-0.25, -0.2) is 13.4 Å². The molecule has 0 saturated carbocycles. The molecule has 0 spiro atoms. The molecule has 0 bridgehead atoms. The third kappa shape index (κ3) is 3.75. The molecule has 1 aromatic carbocycles. The van der Waals surface area contributed by atoms with E-state index in [9.17, 15) is 8.42 Å². The number of hydrogen-bond acceptors (Lipinski definition) is 6. The number of sulfonamides is 1. The molecule has 8 heteroatoms. The predicted octanol–water partition coefficient (Wildman–Crippen LogP) is 2.09. The van der Waals surface area contributed by atoms with E-state index in [0.717, 1.165) is 16.9 Å². The molecule has 0 aliphatic carbocycles. The van der Waals surface area contributed by atoms with Crippen LogP contribution in [0.15, 0.2) is 35.4 Å². The lowest BCUT2D eigenvalue weighted by Crippen LogP contribution is -2.49. The van der Waals surface area contributed by atoms with Gasteiger partial charge in [0.25, 0.3) is 0 Å². The number of piperazine rings is 1. The van der Waals surface area contributed by atoms with E-state index in [1.54, 1.807) is 24.3 Å². The molecule has 1 aliphatic rings. The Bertz CT molecular complexity index is 973. The molecular formula is C19H22N4O3S. The lowest BCUT2D eigenvalue weighted by molar-refractivity contribution is 0.373. The Hall–Kier alpha value is -2.63. The van der Waals surface area contributed by atoms with E-state index in [2.05, 4.69) is 4.98 Å². The van der Waals surface area contributed by atoms with Crippen LogP contribution in [0.3, 0.4) is 0 Å². The van der Waals surface area contributed by atoms with Crippen molar-refractivity contribution >= 4 is 15.8 Å². The molecule has 1 fully saturated rings. The van der Waals surface area contributed by atoms with Crippen molar-refractivity contribution in [1.29, 1.82) is 5.26 Å². The molecule has 1 saturated heterocycles. The van der Waals surface area contributed by atoms with Crippen molar-refractivity contribution in [2.75, 3.05) is 38.2 Å². The molecule has 1 aliphatic heterocycles. The van der Waals surface area contributed by atoms with Gasteiger partial charge in [0.05, 0.1) is 12.7 Å². The average molecular weight is 386 g/mol. The van der Waals surface area contributed by atoms with Crippen LogP contribution in [0.25, 0.3) is 0 Å². The van der Waals surface area contributed by atoms with E-state index in [0.29, 0.717) is 37.5 Å². The summed E-state index contributed by atoms with van der Waals surface area (Å²) < 4.78 is 33.1. The minimum Gasteiger partial charge on any atom is -0.495 e. The van der Waals surface area contributed by atoms with Crippen molar-refractivity contribution in [3.8, 4) is 11.8 Å². The molecule has 1 aromatic heterocycles. The summed E-state index contributed by atoms with van der Waals surface area (Å²) >= 11 is 0. The summed E-state index contributed by atoms with van der Waals surface area (Å²) in [7, 11) is -2.16. The maximum atomic E-state index is 13.1. The van der Waals surface area contributed by atoms with Crippen molar-refractivity contribution in [2.24, 2.45) is 0 Å². The molecule has 0 amide bonds. The number of hydrogen-bond donors (Lipinski definition) is 0. The van der Waals surface area contributed by atoms with Crippen LogP contribution in [0.1, 0.15) is 16.7 Å². The number of nitrogens with zero attached hydrogens (tertiary/aromatic N) is 4. The highest BCUT2D eigenvalue weighted by molar-refractivity contribution is 7.89. The molecule has 0 atom stereocenters. The second-order valence-electron chi connectivity index (χ2n) is 6.50. The van der Waals surface area contributed by atoms with E-state index in [1.165, 1.54) is 17.6 Å². The summed E-state index contributed by atoms with van der Waals surface area (Å²) in [6, 6.07) is 8.98. The van der Waals surface area contributed by atoms with Crippen molar-refractivity contribution in [2.45, 2.75) is 18.7 Å². The minimum absolute atomic E-state index is 0.207. The van der Waals surface area contributed by atoms with Gasteiger partial charge in [0.2, 0.25) is 10.0 Å². The molecule has 7 nitrogen and oxygen atoms in total. The fourth-order valence-corrected chi connectivity index (χ4v) is 4.70. The highest BCUT2D eigenvalue weighted by atomic mass is 32.2. The first-order chi connectivity index (χ1) is 12.9. The normalized spacial score (nSPS) is 15.4. The van der Waals surface area contributed by atoms with Gasteiger partial charge in [-0.3, -0.25) is 0 Å². The van der Waals surface area contributed by atoms with Gasteiger partial charge < -0.3 is 9.64 Å². The van der Waals surface area contributed by atoms with E-state index in [1.807, 2.05) is 24.8 Å². The topological polar surface area (TPSA) is 86.5 Å². The lowest BCUT2D eigenvalue weighted by Gasteiger charge is -2.35. The first kappa shape index (κ1) is 19.1. The van der Waals surface area contributed by atoms with Crippen molar-refractivity contribution in [1.82, 2.24) is 9.29 Å². The molecule has 0 N–H and O–H groups in total. The minimum atomic E-state index is -3.64. The number of anilines is 1. The number of pyridine rings is 1. The summed E-state index contributed by atoms with van der Waals surface area (Å²) in [6.45, 7) is 5.61. The molecule has 0 radical (unpaired) electrons. The van der Waals surface area contributed by atoms with Gasteiger partial charge in [0.1, 0.15) is 22.5 Å². The Morgan fingerprint density at radius 2 is 1.78 bits per heavy atom. The zero-order valence-electron chi connectivity index (χ0n) is 15.6. The number of rotatable bonds is 4. The maximum absolute atomic E-state index is 13.1. The van der Waals surface area contributed by atoms with Gasteiger partial charge in [0.15, 0.2) is 0 Å². The zero-order valence-corrected chi connectivity index (χ0v) is 16.5. The summed E-state index contributed by atoms with van der Waals surface area (Å²) in [4.78, 5) is 6.51. The Morgan fingerprint density at radius 1 is 1.11 bits per heavy atom. The maximum Gasteiger partial charge on any atom is 0.246 e. The Kier molecular flexibility index (Phi) is 5.35. The van der Waals surface area contributed by atoms with Crippen molar-refractivity contribution in [3.05, 3.63) is 47.2 Å². The molecular weight excluding hydrogens is 364 g/mol. The molecule has 142 valence electrons. The lowest BCUT2D eigenvalue weighted by atomic mass is 10.1. The average Bonchev–Trinajstić information content (AvgIpc) is 2.69. The summed E-state index contributed by atoms with van der Waals surface area (Å²) in [6.07, 6.45) is 1.53. The molecule has 0 unspecified atom stereocenters. The third-order valence-electron chi connectivity index (χ3n) is 4.84. The van der Waals surface area contributed by atoms with E-state index >= 15 is 0 Å². The Balaban J connectivity index is 1.79. The van der Waals surface area contributed by atoms with Crippen LogP contribution < -0.4 is 9.64 Å². The van der Waals surface area contributed by atoms with Crippen LogP contribution in [0.4, 0.5) is 5.82 Å². The third-order valence-corrected chi connectivity index (χ3v) is 6.76. The van der Waals surface area contributed by atoms with Crippen LogP contribution in [-0.4, -0.2) is 51.0 Å². The van der Waals surface area contributed by atoms with Crippen LogP contribution >= 0.6 is 0 Å². The van der Waals surface area contributed by atoms with Crippen LogP contribution in [0.5, 0.6) is 5.75 Å². The monoisotopic (exact) mass is 386 g/mol. The van der Waals surface area contributed by atoms with Crippen LogP contribution in [-0.2, 0) is 10.0 Å². The number of nitriles is 1. The number of benzene rings is 1. The summed E-state index contributed by atoms with van der Waals surface area (Å²) in [5, 5.41) is 8.86. The van der Waals surface area contributed by atoms with Crippen molar-refractivity contribution in [3.63, 3.8) is 0 Å². The number of methoxy groups -OCH3 is 1. The smallest absolute Gasteiger partial charge is 0.246 e. The van der Waals surface area contributed by atoms with Gasteiger partial charge >= 0.3 is 0 Å². The van der Waals surface area contributed by atoms with Gasteiger partial charge in [-0.2, -0.15) is 9.57 Å². The SMILES string of the molecule is COc1cc(C)c(C)cc1S(=O)(=O)N1CCN(c2ccc(C#N)cn2)CC1. The molecule has 27 heavy (non-hydrogen) atoms. The van der Waals surface area contributed by atoms with Crippen LogP contribution in [0.2, 0.25) is 0 Å². The van der Waals surface area contributed by atoms with E-state index in [-0.39, 0.29) is 4.90 Å². The highest BCUT2D eigenvalue weighted by Crippen LogP contribution is 2.30. The highest BCUT2D eigenvalue weighted by Gasteiger charge is 2.31. The number of ether oxygens (including phenoxy) is 1. The molecule has 3 rings (SSSR count). The van der Waals surface area contributed by atoms with E-state index < -0.39 is 10.0 Å². The number of aromatic nitrogens is 1. The largest absolute Gasteiger partial charge is 0.495 e. The van der Waals surface area contributed by atoms with Crippen LogP contribution in [0, 0.1) is 25.2 Å². The van der Waals surface area contributed by atoms with Gasteiger partial charge in [-0.1, -0.05) is 0 Å². The second-order valence-corrected chi connectivity index (χ2v) is 8.40. The number of aryl methyl sites for hydroxylation is 2. The van der Waals surface area contributed by atoms with Gasteiger partial charge in [-0.05, 0) is 49.2 Å². The first-order valence-corrected chi connectivity index (χ1v) is 10.1. The van der Waals surface area contributed by atoms with E-state index in [4.69, 9.17) is 10.00 Å². The first-order valence-electron chi connectivity index (χ1n) is 8.63. The fraction of sp³-hybridized carbons (Fsp3) is 0.368. The van der Waals surface area contributed by atoms with Gasteiger partial charge in [0, 0.05) is 32.4 Å². The second kappa shape index (κ2) is 7.55. The summed E-state index contributed by atoms with van der Waals surface area (Å²) in [5.74, 6) is 1.11. The molecule has 2 aromatic rings. The fourth-order valence-electron chi connectivity index (χ4n) is 3.06. The zero-order chi connectivity index (χ0) is 19.6.